The molecule has 21 heavy (non-hydrogen) atoms. The largest absolute Gasteiger partial charge is 0.389 e. The van der Waals surface area contributed by atoms with Crippen molar-refractivity contribution in [2.75, 3.05) is 20.1 Å². The summed E-state index contributed by atoms with van der Waals surface area (Å²) in [5.41, 5.74) is 6.53. The first kappa shape index (κ1) is 17.5. The Labute approximate surface area is 130 Å². The fourth-order valence-electron chi connectivity index (χ4n) is 1.59. The molecular weight excluding hydrogens is 310 g/mol. The molecular formula is C13H19N3O3S2. The number of amides is 1. The number of likely N-dealkylation sites (N-methyl/N-ethyl adjacent to an activating group) is 1. The zero-order chi connectivity index (χ0) is 16.2. The van der Waals surface area contributed by atoms with E-state index in [0.29, 0.717) is 17.7 Å². The van der Waals surface area contributed by atoms with E-state index in [9.17, 15) is 13.2 Å². The van der Waals surface area contributed by atoms with Gasteiger partial charge in [0, 0.05) is 19.2 Å². The topological polar surface area (TPSA) is 92.5 Å². The summed E-state index contributed by atoms with van der Waals surface area (Å²) in [6.07, 6.45) is 0. The van der Waals surface area contributed by atoms with Gasteiger partial charge >= 0.3 is 0 Å². The number of benzene rings is 1. The lowest BCUT2D eigenvalue weighted by atomic mass is 10.1. The maximum atomic E-state index is 12.3. The first-order chi connectivity index (χ1) is 9.69. The molecule has 0 radical (unpaired) electrons. The molecule has 8 heteroatoms. The molecule has 0 atom stereocenters. The van der Waals surface area contributed by atoms with Crippen LogP contribution in [-0.4, -0.2) is 44.4 Å². The van der Waals surface area contributed by atoms with Crippen LogP contribution in [0.5, 0.6) is 0 Å². The highest BCUT2D eigenvalue weighted by Gasteiger charge is 2.19. The third-order valence-electron chi connectivity index (χ3n) is 3.08. The molecule has 116 valence electrons. The van der Waals surface area contributed by atoms with E-state index in [-0.39, 0.29) is 22.3 Å². The molecule has 6 nitrogen and oxygen atoms in total. The van der Waals surface area contributed by atoms with Crippen LogP contribution in [0.2, 0.25) is 0 Å². The smallest absolute Gasteiger partial charge is 0.241 e. The van der Waals surface area contributed by atoms with E-state index in [4.69, 9.17) is 18.0 Å². The van der Waals surface area contributed by atoms with E-state index in [0.717, 1.165) is 0 Å². The zero-order valence-corrected chi connectivity index (χ0v) is 13.8. The number of nitrogens with zero attached hydrogens (tertiary/aromatic N) is 1. The fraction of sp³-hybridized carbons (Fsp3) is 0.385. The molecule has 1 rings (SSSR count). The molecule has 1 aromatic carbocycles. The highest BCUT2D eigenvalue weighted by atomic mass is 32.2. The first-order valence-corrected chi connectivity index (χ1v) is 8.22. The van der Waals surface area contributed by atoms with Crippen molar-refractivity contribution in [3.8, 4) is 0 Å². The van der Waals surface area contributed by atoms with Crippen LogP contribution in [0.1, 0.15) is 18.1 Å². The summed E-state index contributed by atoms with van der Waals surface area (Å²) in [5, 5.41) is 0. The molecule has 0 aliphatic heterocycles. The molecule has 0 bridgehead atoms. The number of nitrogens with one attached hydrogen (secondary N) is 1. The van der Waals surface area contributed by atoms with Crippen molar-refractivity contribution in [1.82, 2.24) is 9.62 Å². The molecule has 0 unspecified atom stereocenters. The van der Waals surface area contributed by atoms with Crippen molar-refractivity contribution in [3.05, 3.63) is 29.3 Å². The Balaban J connectivity index is 3.00. The number of carbonyl (C=O) groups is 1. The van der Waals surface area contributed by atoms with Gasteiger partial charge in [-0.05, 0) is 25.5 Å². The fourth-order valence-corrected chi connectivity index (χ4v) is 2.96. The predicted molar refractivity (Wildman–Crippen MR) is 85.6 cm³/mol. The normalized spacial score (nSPS) is 11.2. The van der Waals surface area contributed by atoms with Crippen LogP contribution < -0.4 is 10.5 Å². The monoisotopic (exact) mass is 329 g/mol. The summed E-state index contributed by atoms with van der Waals surface area (Å²) in [6, 6.07) is 4.70. The molecule has 3 N–H and O–H groups in total. The summed E-state index contributed by atoms with van der Waals surface area (Å²) in [6.45, 7) is 3.69. The number of aryl methyl sites for hydroxylation is 1. The summed E-state index contributed by atoms with van der Waals surface area (Å²) in [4.78, 5) is 13.3. The molecule has 1 aromatic rings. The van der Waals surface area contributed by atoms with Crippen LogP contribution in [0.4, 0.5) is 0 Å². The molecule has 0 aromatic heterocycles. The van der Waals surface area contributed by atoms with Gasteiger partial charge < -0.3 is 10.6 Å². The number of sulfonamides is 1. The number of hydrogen-bond donors (Lipinski definition) is 2. The molecule has 0 aliphatic carbocycles. The average Bonchev–Trinajstić information content (AvgIpc) is 2.43. The van der Waals surface area contributed by atoms with Gasteiger partial charge in [0.2, 0.25) is 15.9 Å². The van der Waals surface area contributed by atoms with Gasteiger partial charge in [-0.2, -0.15) is 0 Å². The summed E-state index contributed by atoms with van der Waals surface area (Å²) in [5.74, 6) is -0.302. The second-order valence-corrected chi connectivity index (χ2v) is 6.75. The lowest BCUT2D eigenvalue weighted by Gasteiger charge is -2.15. The van der Waals surface area contributed by atoms with E-state index in [1.807, 2.05) is 6.92 Å². The Morgan fingerprint density at radius 1 is 1.43 bits per heavy atom. The van der Waals surface area contributed by atoms with E-state index in [1.165, 1.54) is 11.0 Å². The van der Waals surface area contributed by atoms with Crippen molar-refractivity contribution in [1.29, 1.82) is 0 Å². The van der Waals surface area contributed by atoms with Crippen LogP contribution in [0, 0.1) is 6.92 Å². The lowest BCUT2D eigenvalue weighted by molar-refractivity contribution is -0.128. The molecule has 0 saturated carbocycles. The van der Waals surface area contributed by atoms with Crippen molar-refractivity contribution in [3.63, 3.8) is 0 Å². The van der Waals surface area contributed by atoms with Gasteiger partial charge in [0.05, 0.1) is 11.4 Å². The summed E-state index contributed by atoms with van der Waals surface area (Å²) < 4.78 is 26.8. The second kappa shape index (κ2) is 6.97. The van der Waals surface area contributed by atoms with Crippen LogP contribution in [-0.2, 0) is 14.8 Å². The van der Waals surface area contributed by atoms with Crippen molar-refractivity contribution < 1.29 is 13.2 Å². The second-order valence-electron chi connectivity index (χ2n) is 4.58. The van der Waals surface area contributed by atoms with Gasteiger partial charge in [0.15, 0.2) is 0 Å². The lowest BCUT2D eigenvalue weighted by Crippen LogP contribution is -2.38. The van der Waals surface area contributed by atoms with E-state index in [1.54, 1.807) is 26.1 Å². The van der Waals surface area contributed by atoms with Gasteiger partial charge in [0.1, 0.15) is 4.99 Å². The summed E-state index contributed by atoms with van der Waals surface area (Å²) >= 11 is 4.85. The molecule has 1 amide bonds. The number of carbonyl (C=O) groups excluding carboxylic acids is 1. The van der Waals surface area contributed by atoms with Crippen LogP contribution in [0.15, 0.2) is 23.1 Å². The van der Waals surface area contributed by atoms with Gasteiger partial charge in [0.25, 0.3) is 0 Å². The van der Waals surface area contributed by atoms with E-state index >= 15 is 0 Å². The first-order valence-electron chi connectivity index (χ1n) is 6.33. The molecule has 0 heterocycles. The SMILES string of the molecule is CCN(C)C(=O)CNS(=O)(=O)c1cc(C(N)=S)ccc1C. The standard InChI is InChI=1S/C13H19N3O3S2/c1-4-16(3)12(17)8-15-21(18,19)11-7-10(13(14)20)6-5-9(11)2/h5-7,15H,4,8H2,1-3H3,(H2,14,20). The Kier molecular flexibility index (Phi) is 5.82. The average molecular weight is 329 g/mol. The highest BCUT2D eigenvalue weighted by molar-refractivity contribution is 7.89. The Hall–Kier alpha value is -1.51. The van der Waals surface area contributed by atoms with Gasteiger partial charge in [-0.25, -0.2) is 13.1 Å². The van der Waals surface area contributed by atoms with Crippen LogP contribution >= 0.6 is 12.2 Å². The third-order valence-corrected chi connectivity index (χ3v) is 4.85. The maximum Gasteiger partial charge on any atom is 0.241 e. The predicted octanol–water partition coefficient (Wildman–Crippen LogP) is 0.386. The zero-order valence-electron chi connectivity index (χ0n) is 12.2. The van der Waals surface area contributed by atoms with Gasteiger partial charge in [-0.3, -0.25) is 4.79 Å². The third kappa shape index (κ3) is 4.48. The van der Waals surface area contributed by atoms with Crippen molar-refractivity contribution in [2.24, 2.45) is 5.73 Å². The minimum Gasteiger partial charge on any atom is -0.389 e. The van der Waals surface area contributed by atoms with Crippen molar-refractivity contribution >= 4 is 33.1 Å². The quantitative estimate of drug-likeness (QED) is 0.736. The van der Waals surface area contributed by atoms with E-state index < -0.39 is 10.0 Å². The highest BCUT2D eigenvalue weighted by Crippen LogP contribution is 2.17. The van der Waals surface area contributed by atoms with Crippen LogP contribution in [0.3, 0.4) is 0 Å². The summed E-state index contributed by atoms with van der Waals surface area (Å²) in [7, 11) is -2.19. The number of nitrogens with two attached hydrogens (primary N) is 1. The Morgan fingerprint density at radius 3 is 2.57 bits per heavy atom. The van der Waals surface area contributed by atoms with Gasteiger partial charge in [-0.15, -0.1) is 0 Å². The molecule has 0 aliphatic rings. The number of thiocarbonyl (C=S) groups is 1. The minimum atomic E-state index is -3.80. The number of hydrogen-bond acceptors (Lipinski definition) is 4. The molecule has 0 fully saturated rings. The Morgan fingerprint density at radius 2 is 2.05 bits per heavy atom. The molecule has 0 saturated heterocycles. The molecule has 0 spiro atoms. The van der Waals surface area contributed by atoms with Gasteiger partial charge in [-0.1, -0.05) is 24.4 Å². The number of rotatable bonds is 6. The van der Waals surface area contributed by atoms with E-state index in [2.05, 4.69) is 4.72 Å². The van der Waals surface area contributed by atoms with Crippen molar-refractivity contribution in [2.45, 2.75) is 18.7 Å². The van der Waals surface area contributed by atoms with Crippen LogP contribution in [0.25, 0.3) is 0 Å². The maximum absolute atomic E-state index is 12.3. The minimum absolute atomic E-state index is 0.0692. The Bertz CT molecular complexity index is 657.